The van der Waals surface area contributed by atoms with Gasteiger partial charge in [-0.05, 0) is 57.4 Å². The predicted octanol–water partition coefficient (Wildman–Crippen LogP) is 4.11. The summed E-state index contributed by atoms with van der Waals surface area (Å²) in [7, 11) is 1.81. The number of halogens is 1. The number of hydrogen-bond donors (Lipinski definition) is 1. The first-order valence-corrected chi connectivity index (χ1v) is 10.9. The standard InChI is InChI=1S/C25H30FN3O3/c1-16(2)28(4)24(31)18-12-14-29(15-13-18)25(32)20-10-7-8-17(3)22(20)27-23(30)19-9-5-6-11-21(19)26/h5-11,16,18H,12-15H2,1-4H3,(H,27,30). The summed E-state index contributed by atoms with van der Waals surface area (Å²) in [6.45, 7) is 6.68. The van der Waals surface area contributed by atoms with Crippen molar-refractivity contribution in [2.24, 2.45) is 5.92 Å². The predicted molar refractivity (Wildman–Crippen MR) is 122 cm³/mol. The molecular formula is C25H30FN3O3. The molecule has 2 aromatic carbocycles. The Balaban J connectivity index is 1.74. The van der Waals surface area contributed by atoms with Crippen LogP contribution in [0.4, 0.5) is 10.1 Å². The van der Waals surface area contributed by atoms with Crippen molar-refractivity contribution in [2.75, 3.05) is 25.5 Å². The van der Waals surface area contributed by atoms with Crippen LogP contribution in [-0.4, -0.2) is 53.7 Å². The summed E-state index contributed by atoms with van der Waals surface area (Å²) in [6.07, 6.45) is 1.20. The van der Waals surface area contributed by atoms with Gasteiger partial charge < -0.3 is 15.1 Å². The maximum absolute atomic E-state index is 14.0. The van der Waals surface area contributed by atoms with E-state index in [1.54, 1.807) is 41.0 Å². The molecule has 170 valence electrons. The van der Waals surface area contributed by atoms with E-state index in [0.29, 0.717) is 42.7 Å². The fourth-order valence-electron chi connectivity index (χ4n) is 3.88. The van der Waals surface area contributed by atoms with Gasteiger partial charge in [-0.3, -0.25) is 14.4 Å². The van der Waals surface area contributed by atoms with Crippen LogP contribution in [0.3, 0.4) is 0 Å². The Morgan fingerprint density at radius 2 is 1.66 bits per heavy atom. The Morgan fingerprint density at radius 3 is 2.28 bits per heavy atom. The number of likely N-dealkylation sites (tertiary alicyclic amines) is 1. The zero-order valence-corrected chi connectivity index (χ0v) is 19.0. The van der Waals surface area contributed by atoms with E-state index in [1.807, 2.05) is 20.9 Å². The highest BCUT2D eigenvalue weighted by molar-refractivity contribution is 6.09. The van der Waals surface area contributed by atoms with Gasteiger partial charge in [-0.2, -0.15) is 0 Å². The number of anilines is 1. The van der Waals surface area contributed by atoms with E-state index >= 15 is 0 Å². The second kappa shape index (κ2) is 9.94. The Bertz CT molecular complexity index is 1010. The van der Waals surface area contributed by atoms with Crippen molar-refractivity contribution in [3.05, 3.63) is 65.0 Å². The Kier molecular flexibility index (Phi) is 7.28. The van der Waals surface area contributed by atoms with Gasteiger partial charge in [0.1, 0.15) is 5.82 Å². The molecule has 0 atom stereocenters. The summed E-state index contributed by atoms with van der Waals surface area (Å²) < 4.78 is 14.0. The molecule has 0 aliphatic carbocycles. The van der Waals surface area contributed by atoms with E-state index in [4.69, 9.17) is 0 Å². The number of nitrogens with zero attached hydrogens (tertiary/aromatic N) is 2. The summed E-state index contributed by atoms with van der Waals surface area (Å²) in [6, 6.07) is 11.1. The lowest BCUT2D eigenvalue weighted by atomic mass is 9.94. The minimum atomic E-state index is -0.621. The first-order valence-electron chi connectivity index (χ1n) is 10.9. The number of benzene rings is 2. The van der Waals surface area contributed by atoms with Gasteiger partial charge in [-0.15, -0.1) is 0 Å². The molecular weight excluding hydrogens is 409 g/mol. The minimum Gasteiger partial charge on any atom is -0.343 e. The molecule has 3 rings (SSSR count). The largest absolute Gasteiger partial charge is 0.343 e. The van der Waals surface area contributed by atoms with Crippen LogP contribution in [0.15, 0.2) is 42.5 Å². The van der Waals surface area contributed by atoms with Crippen LogP contribution in [0, 0.1) is 18.7 Å². The molecule has 3 amide bonds. The lowest BCUT2D eigenvalue weighted by Gasteiger charge is -2.34. The summed E-state index contributed by atoms with van der Waals surface area (Å²) in [5.74, 6) is -1.41. The molecule has 2 aromatic rings. The van der Waals surface area contributed by atoms with Crippen molar-refractivity contribution >= 4 is 23.4 Å². The normalized spacial score (nSPS) is 14.4. The van der Waals surface area contributed by atoms with E-state index in [2.05, 4.69) is 5.32 Å². The second-order valence-corrected chi connectivity index (χ2v) is 8.54. The molecule has 1 saturated heterocycles. The molecule has 1 aliphatic heterocycles. The molecule has 0 saturated carbocycles. The molecule has 1 N–H and O–H groups in total. The average Bonchev–Trinajstić information content (AvgIpc) is 2.79. The number of aryl methyl sites for hydroxylation is 1. The topological polar surface area (TPSA) is 69.7 Å². The highest BCUT2D eigenvalue weighted by Crippen LogP contribution is 2.27. The van der Waals surface area contributed by atoms with Crippen LogP contribution in [-0.2, 0) is 4.79 Å². The molecule has 1 heterocycles. The molecule has 6 nitrogen and oxygen atoms in total. The molecule has 0 bridgehead atoms. The van der Waals surface area contributed by atoms with Gasteiger partial charge in [0.25, 0.3) is 11.8 Å². The van der Waals surface area contributed by atoms with Gasteiger partial charge in [0.15, 0.2) is 0 Å². The zero-order chi connectivity index (χ0) is 23.4. The minimum absolute atomic E-state index is 0.0808. The number of para-hydroxylation sites is 1. The van der Waals surface area contributed by atoms with Gasteiger partial charge in [0.05, 0.1) is 16.8 Å². The third kappa shape index (κ3) is 4.98. The van der Waals surface area contributed by atoms with Gasteiger partial charge in [0.2, 0.25) is 5.91 Å². The number of nitrogens with one attached hydrogen (secondary N) is 1. The van der Waals surface area contributed by atoms with Crippen LogP contribution in [0.25, 0.3) is 0 Å². The quantitative estimate of drug-likeness (QED) is 0.762. The first-order chi connectivity index (χ1) is 15.2. The average molecular weight is 440 g/mol. The van der Waals surface area contributed by atoms with Crippen molar-refractivity contribution < 1.29 is 18.8 Å². The molecule has 1 fully saturated rings. The fourth-order valence-corrected chi connectivity index (χ4v) is 3.88. The summed E-state index contributed by atoms with van der Waals surface area (Å²) in [5, 5.41) is 2.72. The molecule has 0 radical (unpaired) electrons. The number of amides is 3. The van der Waals surface area contributed by atoms with Crippen molar-refractivity contribution in [1.82, 2.24) is 9.80 Å². The first kappa shape index (κ1) is 23.4. The van der Waals surface area contributed by atoms with E-state index in [9.17, 15) is 18.8 Å². The van der Waals surface area contributed by atoms with Crippen molar-refractivity contribution in [1.29, 1.82) is 0 Å². The summed E-state index contributed by atoms with van der Waals surface area (Å²) in [5.41, 5.74) is 1.37. The third-order valence-electron chi connectivity index (χ3n) is 6.11. The van der Waals surface area contributed by atoms with Gasteiger partial charge in [-0.25, -0.2) is 4.39 Å². The molecule has 0 aromatic heterocycles. The Hall–Kier alpha value is -3.22. The molecule has 7 heteroatoms. The number of carbonyl (C=O) groups excluding carboxylic acids is 3. The van der Waals surface area contributed by atoms with Gasteiger partial charge >= 0.3 is 0 Å². The zero-order valence-electron chi connectivity index (χ0n) is 19.0. The van der Waals surface area contributed by atoms with E-state index < -0.39 is 11.7 Å². The third-order valence-corrected chi connectivity index (χ3v) is 6.11. The summed E-state index contributed by atoms with van der Waals surface area (Å²) >= 11 is 0. The van der Waals surface area contributed by atoms with E-state index in [-0.39, 0.29) is 29.3 Å². The number of piperidine rings is 1. The lowest BCUT2D eigenvalue weighted by Crippen LogP contribution is -2.45. The number of rotatable bonds is 5. The SMILES string of the molecule is Cc1cccc(C(=O)N2CCC(C(=O)N(C)C(C)C)CC2)c1NC(=O)c1ccccc1F. The van der Waals surface area contributed by atoms with Crippen molar-refractivity contribution in [3.63, 3.8) is 0 Å². The number of hydrogen-bond acceptors (Lipinski definition) is 3. The fraction of sp³-hybridized carbons (Fsp3) is 0.400. The number of carbonyl (C=O) groups is 3. The van der Waals surface area contributed by atoms with Gasteiger partial charge in [-0.1, -0.05) is 24.3 Å². The summed E-state index contributed by atoms with van der Waals surface area (Å²) in [4.78, 5) is 42.0. The molecule has 0 spiro atoms. The van der Waals surface area contributed by atoms with Crippen LogP contribution in [0.2, 0.25) is 0 Å². The molecule has 0 unspecified atom stereocenters. The van der Waals surface area contributed by atoms with Crippen LogP contribution in [0.5, 0.6) is 0 Å². The highest BCUT2D eigenvalue weighted by Gasteiger charge is 2.31. The molecule has 32 heavy (non-hydrogen) atoms. The van der Waals surface area contributed by atoms with Crippen molar-refractivity contribution in [2.45, 2.75) is 39.7 Å². The monoisotopic (exact) mass is 439 g/mol. The van der Waals surface area contributed by atoms with Crippen LogP contribution in [0.1, 0.15) is 53.0 Å². The maximum Gasteiger partial charge on any atom is 0.258 e. The maximum atomic E-state index is 14.0. The van der Waals surface area contributed by atoms with Crippen LogP contribution < -0.4 is 5.32 Å². The molecule has 1 aliphatic rings. The van der Waals surface area contributed by atoms with Gasteiger partial charge in [0, 0.05) is 32.1 Å². The lowest BCUT2D eigenvalue weighted by molar-refractivity contribution is -0.137. The van der Waals surface area contributed by atoms with Crippen molar-refractivity contribution in [3.8, 4) is 0 Å². The van der Waals surface area contributed by atoms with E-state index in [0.717, 1.165) is 0 Å². The highest BCUT2D eigenvalue weighted by atomic mass is 19.1. The van der Waals surface area contributed by atoms with E-state index in [1.165, 1.54) is 18.2 Å². The second-order valence-electron chi connectivity index (χ2n) is 8.54. The smallest absolute Gasteiger partial charge is 0.258 e. The Morgan fingerprint density at radius 1 is 1.03 bits per heavy atom. The van der Waals surface area contributed by atoms with Crippen LogP contribution >= 0.6 is 0 Å². The Labute approximate surface area is 188 Å².